The Hall–Kier alpha value is -1.50. The standard InChI is InChI=1S/C8H18N2O.C6H5NO2/c1-11-8-2-5-10-6-3-9-4-7-10;8-6(9)5-1-3-7-4-2-5/h9H,2-8H2,1H3;1-4H,(H,8,9). The van der Waals surface area contributed by atoms with Crippen molar-refractivity contribution in [3.8, 4) is 0 Å². The molecule has 1 saturated heterocycles. The first-order valence-corrected chi connectivity index (χ1v) is 6.79. The molecule has 1 aromatic heterocycles. The Morgan fingerprint density at radius 2 is 2.05 bits per heavy atom. The summed E-state index contributed by atoms with van der Waals surface area (Å²) in [6.45, 7) is 6.77. The minimum absolute atomic E-state index is 0.269. The van der Waals surface area contributed by atoms with Gasteiger partial charge < -0.3 is 20.1 Å². The molecule has 1 fully saturated rings. The first-order chi connectivity index (χ1) is 9.74. The van der Waals surface area contributed by atoms with Crippen LogP contribution in [-0.4, -0.2) is 67.4 Å². The van der Waals surface area contributed by atoms with Crippen molar-refractivity contribution in [3.05, 3.63) is 30.1 Å². The molecule has 1 aliphatic rings. The maximum absolute atomic E-state index is 10.2. The zero-order valence-electron chi connectivity index (χ0n) is 11.9. The second-order valence-corrected chi connectivity index (χ2v) is 4.48. The van der Waals surface area contributed by atoms with E-state index in [1.165, 1.54) is 44.2 Å². The molecule has 0 amide bonds. The zero-order valence-corrected chi connectivity index (χ0v) is 11.9. The number of aromatic carboxylic acids is 1. The van der Waals surface area contributed by atoms with Crippen molar-refractivity contribution in [1.82, 2.24) is 15.2 Å². The number of piperazine rings is 1. The van der Waals surface area contributed by atoms with Crippen molar-refractivity contribution in [2.45, 2.75) is 6.42 Å². The average molecular weight is 281 g/mol. The van der Waals surface area contributed by atoms with E-state index in [4.69, 9.17) is 9.84 Å². The van der Waals surface area contributed by atoms with Crippen molar-refractivity contribution in [3.63, 3.8) is 0 Å². The van der Waals surface area contributed by atoms with Crippen molar-refractivity contribution < 1.29 is 14.6 Å². The number of carboxylic acids is 1. The van der Waals surface area contributed by atoms with E-state index < -0.39 is 5.97 Å². The Kier molecular flexibility index (Phi) is 8.53. The Morgan fingerprint density at radius 3 is 2.55 bits per heavy atom. The normalized spacial score (nSPS) is 15.2. The summed E-state index contributed by atoms with van der Waals surface area (Å²) in [6, 6.07) is 2.89. The molecule has 0 bridgehead atoms. The van der Waals surface area contributed by atoms with Crippen LogP contribution in [0.3, 0.4) is 0 Å². The largest absolute Gasteiger partial charge is 0.478 e. The number of hydrogen-bond acceptors (Lipinski definition) is 5. The quantitative estimate of drug-likeness (QED) is 0.774. The molecule has 6 nitrogen and oxygen atoms in total. The van der Waals surface area contributed by atoms with Gasteiger partial charge in [-0.2, -0.15) is 0 Å². The van der Waals surface area contributed by atoms with Crippen LogP contribution < -0.4 is 5.32 Å². The van der Waals surface area contributed by atoms with Crippen LogP contribution in [0.15, 0.2) is 24.5 Å². The highest BCUT2D eigenvalue weighted by Gasteiger charge is 2.07. The number of ether oxygens (including phenoxy) is 1. The molecule has 1 aliphatic heterocycles. The van der Waals surface area contributed by atoms with Gasteiger partial charge in [0.05, 0.1) is 5.56 Å². The molecule has 2 rings (SSSR count). The van der Waals surface area contributed by atoms with Crippen molar-refractivity contribution in [2.24, 2.45) is 0 Å². The Balaban J connectivity index is 0.000000204. The van der Waals surface area contributed by atoms with Gasteiger partial charge in [-0.15, -0.1) is 0 Å². The number of carbonyl (C=O) groups is 1. The molecule has 20 heavy (non-hydrogen) atoms. The van der Waals surface area contributed by atoms with Gasteiger partial charge in [0, 0.05) is 58.8 Å². The fourth-order valence-corrected chi connectivity index (χ4v) is 1.86. The average Bonchev–Trinajstić information content (AvgIpc) is 2.50. The van der Waals surface area contributed by atoms with Gasteiger partial charge in [-0.3, -0.25) is 4.98 Å². The van der Waals surface area contributed by atoms with E-state index in [0.29, 0.717) is 0 Å². The van der Waals surface area contributed by atoms with E-state index in [1.807, 2.05) is 0 Å². The van der Waals surface area contributed by atoms with E-state index in [0.717, 1.165) is 26.1 Å². The maximum atomic E-state index is 10.2. The van der Waals surface area contributed by atoms with E-state index in [1.54, 1.807) is 7.11 Å². The monoisotopic (exact) mass is 281 g/mol. The third-order valence-corrected chi connectivity index (χ3v) is 2.96. The second-order valence-electron chi connectivity index (χ2n) is 4.48. The summed E-state index contributed by atoms with van der Waals surface area (Å²) < 4.78 is 4.99. The number of methoxy groups -OCH3 is 1. The minimum Gasteiger partial charge on any atom is -0.478 e. The van der Waals surface area contributed by atoms with E-state index in [9.17, 15) is 4.79 Å². The molecule has 0 saturated carbocycles. The lowest BCUT2D eigenvalue weighted by Crippen LogP contribution is -2.43. The third-order valence-electron chi connectivity index (χ3n) is 2.96. The number of nitrogens with one attached hydrogen (secondary N) is 1. The van der Waals surface area contributed by atoms with Crippen molar-refractivity contribution in [2.75, 3.05) is 46.4 Å². The van der Waals surface area contributed by atoms with E-state index >= 15 is 0 Å². The summed E-state index contributed by atoms with van der Waals surface area (Å²) in [6.07, 6.45) is 4.06. The first-order valence-electron chi connectivity index (χ1n) is 6.79. The van der Waals surface area contributed by atoms with E-state index in [-0.39, 0.29) is 5.56 Å². The van der Waals surface area contributed by atoms with E-state index in [2.05, 4.69) is 15.2 Å². The summed E-state index contributed by atoms with van der Waals surface area (Å²) in [5.74, 6) is -0.919. The summed E-state index contributed by atoms with van der Waals surface area (Å²) in [5, 5.41) is 11.7. The van der Waals surface area contributed by atoms with Gasteiger partial charge in [-0.1, -0.05) is 0 Å². The summed E-state index contributed by atoms with van der Waals surface area (Å²) in [5.41, 5.74) is 0.269. The van der Waals surface area contributed by atoms with Gasteiger partial charge in [0.25, 0.3) is 0 Å². The van der Waals surface area contributed by atoms with Gasteiger partial charge in [0.2, 0.25) is 0 Å². The topological polar surface area (TPSA) is 74.7 Å². The van der Waals surface area contributed by atoms with Gasteiger partial charge in [-0.05, 0) is 18.6 Å². The molecular formula is C14H23N3O3. The molecule has 0 aromatic carbocycles. The van der Waals surface area contributed by atoms with Crippen LogP contribution in [0.5, 0.6) is 0 Å². The molecule has 0 aliphatic carbocycles. The molecule has 0 radical (unpaired) electrons. The number of nitrogens with zero attached hydrogens (tertiary/aromatic N) is 2. The maximum Gasteiger partial charge on any atom is 0.335 e. The molecule has 0 unspecified atom stereocenters. The Bertz CT molecular complexity index is 367. The van der Waals surface area contributed by atoms with Gasteiger partial charge in [0.1, 0.15) is 0 Å². The van der Waals surface area contributed by atoms with Crippen LogP contribution in [0, 0.1) is 0 Å². The minimum atomic E-state index is -0.919. The molecule has 112 valence electrons. The molecular weight excluding hydrogens is 258 g/mol. The third kappa shape index (κ3) is 7.18. The van der Waals surface area contributed by atoms with Gasteiger partial charge in [0.15, 0.2) is 0 Å². The number of aromatic nitrogens is 1. The van der Waals surface area contributed by atoms with Crippen LogP contribution >= 0.6 is 0 Å². The highest BCUT2D eigenvalue weighted by molar-refractivity contribution is 5.87. The van der Waals surface area contributed by atoms with Gasteiger partial charge in [-0.25, -0.2) is 4.79 Å². The highest BCUT2D eigenvalue weighted by Crippen LogP contribution is 1.94. The molecule has 0 spiro atoms. The van der Waals surface area contributed by atoms with Gasteiger partial charge >= 0.3 is 5.97 Å². The zero-order chi connectivity index (χ0) is 14.6. The SMILES string of the molecule is COCCCN1CCNCC1.O=C(O)c1ccncc1. The Labute approximate surface area is 119 Å². The van der Waals surface area contributed by atoms with Crippen molar-refractivity contribution in [1.29, 1.82) is 0 Å². The molecule has 6 heteroatoms. The van der Waals surface area contributed by atoms with Crippen LogP contribution in [0.4, 0.5) is 0 Å². The van der Waals surface area contributed by atoms with Crippen LogP contribution in [0.2, 0.25) is 0 Å². The predicted molar refractivity (Wildman–Crippen MR) is 77.0 cm³/mol. The lowest BCUT2D eigenvalue weighted by atomic mass is 10.3. The Morgan fingerprint density at radius 1 is 1.40 bits per heavy atom. The summed E-state index contributed by atoms with van der Waals surface area (Å²) >= 11 is 0. The summed E-state index contributed by atoms with van der Waals surface area (Å²) in [7, 11) is 1.76. The molecule has 2 N–H and O–H groups in total. The number of pyridine rings is 1. The van der Waals surface area contributed by atoms with Crippen LogP contribution in [0.25, 0.3) is 0 Å². The highest BCUT2D eigenvalue weighted by atomic mass is 16.5. The fourth-order valence-electron chi connectivity index (χ4n) is 1.86. The molecule has 2 heterocycles. The summed E-state index contributed by atoms with van der Waals surface area (Å²) in [4.78, 5) is 16.3. The fraction of sp³-hybridized carbons (Fsp3) is 0.571. The number of hydrogen-bond donors (Lipinski definition) is 2. The number of carboxylic acid groups (broad SMARTS) is 1. The lowest BCUT2D eigenvalue weighted by Gasteiger charge is -2.26. The smallest absolute Gasteiger partial charge is 0.335 e. The first kappa shape index (κ1) is 16.6. The van der Waals surface area contributed by atoms with Crippen molar-refractivity contribution >= 4 is 5.97 Å². The number of rotatable bonds is 5. The van der Waals surface area contributed by atoms with Crippen LogP contribution in [0.1, 0.15) is 16.8 Å². The second kappa shape index (κ2) is 10.3. The lowest BCUT2D eigenvalue weighted by molar-refractivity contribution is 0.0696. The van der Waals surface area contributed by atoms with Crippen LogP contribution in [-0.2, 0) is 4.74 Å². The predicted octanol–water partition coefficient (Wildman–Crippen LogP) is 0.708. The molecule has 0 atom stereocenters. The molecule has 1 aromatic rings.